The largest absolute Gasteiger partial charge is 0.375 e. The molecule has 6 nitrogen and oxygen atoms in total. The summed E-state index contributed by atoms with van der Waals surface area (Å²) < 4.78 is 33.2. The Kier molecular flexibility index (Phi) is 4.08. The van der Waals surface area contributed by atoms with Gasteiger partial charge in [-0.25, -0.2) is 0 Å². The topological polar surface area (TPSA) is 104 Å². The van der Waals surface area contributed by atoms with E-state index in [4.69, 9.17) is 14.8 Å². The lowest BCUT2D eigenvalue weighted by Crippen LogP contribution is -2.42. The highest BCUT2D eigenvalue weighted by atomic mass is 32.2. The molecule has 0 aliphatic rings. The van der Waals surface area contributed by atoms with Crippen LogP contribution in [0.2, 0.25) is 0 Å². The quantitative estimate of drug-likeness (QED) is 0.297. The summed E-state index contributed by atoms with van der Waals surface area (Å²) in [7, 11) is -4.90. The predicted octanol–water partition coefficient (Wildman–Crippen LogP) is -1.06. The molecule has 0 aromatic rings. The molecule has 0 aromatic heterocycles. The van der Waals surface area contributed by atoms with Crippen LogP contribution in [0.3, 0.4) is 0 Å². The Balaban J connectivity index is 4.06. The molecular formula is C5H12O6S. The van der Waals surface area contributed by atoms with Gasteiger partial charge in [0, 0.05) is 6.61 Å². The van der Waals surface area contributed by atoms with Crippen molar-refractivity contribution in [3.63, 3.8) is 0 Å². The molecule has 0 bridgehead atoms. The fraction of sp³-hybridized carbons (Fsp3) is 1.00. The molecule has 0 saturated heterocycles. The first kappa shape index (κ1) is 11.8. The van der Waals surface area contributed by atoms with E-state index in [0.29, 0.717) is 6.42 Å². The number of rotatable bonds is 5. The van der Waals surface area contributed by atoms with E-state index in [0.717, 1.165) is 0 Å². The first-order valence-electron chi connectivity index (χ1n) is 3.31. The van der Waals surface area contributed by atoms with Crippen LogP contribution in [0.1, 0.15) is 13.3 Å². The third kappa shape index (κ3) is 3.46. The Morgan fingerprint density at radius 2 is 1.92 bits per heavy atom. The van der Waals surface area contributed by atoms with Crippen molar-refractivity contribution in [1.82, 2.24) is 0 Å². The molecular weight excluding hydrogens is 188 g/mol. The molecule has 0 amide bonds. The zero-order valence-corrected chi connectivity index (χ0v) is 7.41. The minimum absolute atomic E-state index is 0.193. The fourth-order valence-electron chi connectivity index (χ4n) is 0.424. The molecule has 0 heterocycles. The zero-order valence-electron chi connectivity index (χ0n) is 6.60. The Hall–Kier alpha value is -0.210. The average Bonchev–Trinajstić information content (AvgIpc) is 1.85. The summed E-state index contributed by atoms with van der Waals surface area (Å²) in [5, 5.41) is 14.1. The molecule has 3 N–H and O–H groups in total. The van der Waals surface area contributed by atoms with Crippen LogP contribution >= 0.6 is 0 Å². The maximum atomic E-state index is 10.2. The number of hydrogen-bond donors (Lipinski definition) is 3. The first-order valence-corrected chi connectivity index (χ1v) is 4.75. The van der Waals surface area contributed by atoms with Crippen LogP contribution in [0.4, 0.5) is 0 Å². The highest BCUT2D eigenvalue weighted by molar-refractivity contribution is 7.86. The first-order chi connectivity index (χ1) is 5.31. The summed E-state index contributed by atoms with van der Waals surface area (Å²) in [6.45, 7) is 1.10. The summed E-state index contributed by atoms with van der Waals surface area (Å²) in [5.41, 5.74) is 0. The third-order valence-electron chi connectivity index (χ3n) is 1.05. The van der Waals surface area contributed by atoms with Crippen molar-refractivity contribution in [1.29, 1.82) is 0 Å². The van der Waals surface area contributed by atoms with Crippen molar-refractivity contribution in [3.05, 3.63) is 0 Å². The second-order valence-corrected chi connectivity index (χ2v) is 3.87. The zero-order chi connectivity index (χ0) is 9.83. The van der Waals surface area contributed by atoms with Gasteiger partial charge in [0.05, 0.1) is 0 Å². The standard InChI is InChI=1S/C5H12O6S/c1-2-3-11-4-5(6,7)12(8,9)10/h6-7H,2-4H2,1H3,(H,8,9,10). The van der Waals surface area contributed by atoms with Crippen LogP contribution in [-0.4, -0.2) is 41.5 Å². The van der Waals surface area contributed by atoms with Crippen molar-refractivity contribution in [2.24, 2.45) is 0 Å². The van der Waals surface area contributed by atoms with Gasteiger partial charge in [0.1, 0.15) is 6.61 Å². The molecule has 0 aromatic carbocycles. The van der Waals surface area contributed by atoms with Gasteiger partial charge in [0.15, 0.2) is 0 Å². The lowest BCUT2D eigenvalue weighted by atomic mass is 10.5. The molecule has 7 heteroatoms. The van der Waals surface area contributed by atoms with Crippen molar-refractivity contribution >= 4 is 10.1 Å². The molecule has 12 heavy (non-hydrogen) atoms. The lowest BCUT2D eigenvalue weighted by Gasteiger charge is -2.17. The van der Waals surface area contributed by atoms with Crippen LogP contribution in [0, 0.1) is 0 Å². The van der Waals surface area contributed by atoms with E-state index in [1.807, 2.05) is 0 Å². The van der Waals surface area contributed by atoms with Gasteiger partial charge in [0.25, 0.3) is 0 Å². The normalized spacial score (nSPS) is 13.3. The maximum absolute atomic E-state index is 10.2. The van der Waals surface area contributed by atoms with Crippen LogP contribution < -0.4 is 0 Å². The van der Waals surface area contributed by atoms with Crippen molar-refractivity contribution in [2.45, 2.75) is 18.5 Å². The molecule has 0 saturated carbocycles. The number of hydrogen-bond acceptors (Lipinski definition) is 5. The molecule has 0 fully saturated rings. The summed E-state index contributed by atoms with van der Waals surface area (Å²) in [5.74, 6) is 0. The lowest BCUT2D eigenvalue weighted by molar-refractivity contribution is -0.137. The SMILES string of the molecule is CCCOCC(O)(O)S(=O)(=O)O. The van der Waals surface area contributed by atoms with Crippen LogP contribution in [0.15, 0.2) is 0 Å². The van der Waals surface area contributed by atoms with Crippen molar-refractivity contribution in [3.8, 4) is 0 Å². The second-order valence-electron chi connectivity index (χ2n) is 2.27. The monoisotopic (exact) mass is 200 g/mol. The highest BCUT2D eigenvalue weighted by Crippen LogP contribution is 2.08. The molecule has 0 spiro atoms. The number of ether oxygens (including phenoxy) is 1. The molecule has 0 unspecified atom stereocenters. The second kappa shape index (κ2) is 4.15. The van der Waals surface area contributed by atoms with E-state index >= 15 is 0 Å². The predicted molar refractivity (Wildman–Crippen MR) is 39.8 cm³/mol. The average molecular weight is 200 g/mol. The number of aliphatic hydroxyl groups is 2. The van der Waals surface area contributed by atoms with Crippen LogP contribution in [-0.2, 0) is 14.9 Å². The van der Waals surface area contributed by atoms with E-state index in [2.05, 4.69) is 4.74 Å². The van der Waals surface area contributed by atoms with Gasteiger partial charge in [-0.2, -0.15) is 8.42 Å². The van der Waals surface area contributed by atoms with Gasteiger partial charge in [-0.15, -0.1) is 0 Å². The maximum Gasteiger partial charge on any atom is 0.324 e. The highest BCUT2D eigenvalue weighted by Gasteiger charge is 2.38. The Bertz CT molecular complexity index is 218. The third-order valence-corrected chi connectivity index (χ3v) is 2.00. The molecule has 0 rings (SSSR count). The summed E-state index contributed by atoms with van der Waals surface area (Å²) in [4.78, 5) is 0. The minimum atomic E-state index is -4.90. The van der Waals surface area contributed by atoms with Gasteiger partial charge in [-0.05, 0) is 6.42 Å². The molecule has 0 aliphatic heterocycles. The van der Waals surface area contributed by atoms with Gasteiger partial charge < -0.3 is 14.9 Å². The van der Waals surface area contributed by atoms with E-state index in [1.165, 1.54) is 0 Å². The Labute approximate surface area is 70.5 Å². The molecule has 74 valence electrons. The van der Waals surface area contributed by atoms with E-state index < -0.39 is 21.8 Å². The van der Waals surface area contributed by atoms with Gasteiger partial charge in [0.2, 0.25) is 0 Å². The van der Waals surface area contributed by atoms with Gasteiger partial charge >= 0.3 is 15.2 Å². The van der Waals surface area contributed by atoms with Crippen molar-refractivity contribution < 1.29 is 27.9 Å². The molecule has 0 aliphatic carbocycles. The van der Waals surface area contributed by atoms with Crippen LogP contribution in [0.5, 0.6) is 0 Å². The summed E-state index contributed by atoms with van der Waals surface area (Å²) in [6.07, 6.45) is 0.613. The van der Waals surface area contributed by atoms with E-state index in [9.17, 15) is 8.42 Å². The van der Waals surface area contributed by atoms with Gasteiger partial charge in [-0.1, -0.05) is 6.92 Å². The Morgan fingerprint density at radius 1 is 1.42 bits per heavy atom. The smallest absolute Gasteiger partial charge is 0.324 e. The van der Waals surface area contributed by atoms with Gasteiger partial charge in [-0.3, -0.25) is 4.55 Å². The summed E-state index contributed by atoms with van der Waals surface area (Å²) >= 11 is 0. The van der Waals surface area contributed by atoms with Crippen molar-refractivity contribution in [2.75, 3.05) is 13.2 Å². The molecule has 0 atom stereocenters. The fourth-order valence-corrected chi connectivity index (χ4v) is 0.656. The summed E-state index contributed by atoms with van der Waals surface area (Å²) in [6, 6.07) is 0. The minimum Gasteiger partial charge on any atom is -0.375 e. The molecule has 0 radical (unpaired) electrons. The van der Waals surface area contributed by atoms with E-state index in [-0.39, 0.29) is 6.61 Å². The Morgan fingerprint density at radius 3 is 2.25 bits per heavy atom. The van der Waals surface area contributed by atoms with E-state index in [1.54, 1.807) is 6.92 Å². The van der Waals surface area contributed by atoms with Crippen LogP contribution in [0.25, 0.3) is 0 Å².